The molecule has 2 atom stereocenters. The lowest BCUT2D eigenvalue weighted by Gasteiger charge is -2.17. The summed E-state index contributed by atoms with van der Waals surface area (Å²) in [6, 6.07) is 1.99. The van der Waals surface area contributed by atoms with Gasteiger partial charge in [0.25, 0.3) is 0 Å². The molecule has 5 rings (SSSR count). The third kappa shape index (κ3) is 6.41. The lowest BCUT2D eigenvalue weighted by atomic mass is 10.0. The van der Waals surface area contributed by atoms with Gasteiger partial charge >= 0.3 is 6.03 Å². The summed E-state index contributed by atoms with van der Waals surface area (Å²) in [5.74, 6) is 2.36. The van der Waals surface area contributed by atoms with Crippen LogP contribution in [0.3, 0.4) is 0 Å². The topological polar surface area (TPSA) is 98.8 Å². The lowest BCUT2D eigenvalue weighted by molar-refractivity contribution is 0.219. The maximum absolute atomic E-state index is 12.0. The normalized spacial score (nSPS) is 18.4. The first kappa shape index (κ1) is 25.6. The van der Waals surface area contributed by atoms with Gasteiger partial charge in [-0.25, -0.2) is 19.7 Å². The third-order valence-corrected chi connectivity index (χ3v) is 6.28. The Hall–Kier alpha value is -2.68. The molecule has 2 unspecified atom stereocenters. The zero-order chi connectivity index (χ0) is 23.5. The Morgan fingerprint density at radius 2 is 1.81 bits per heavy atom. The molecule has 0 aromatic carbocycles. The minimum absolute atomic E-state index is 0.0445. The maximum atomic E-state index is 12.0. The van der Waals surface area contributed by atoms with Crippen LogP contribution in [0.5, 0.6) is 0 Å². The molecular formula is C23H37N7OS. The fourth-order valence-electron chi connectivity index (χ4n) is 4.08. The number of aromatic amines is 1. The van der Waals surface area contributed by atoms with Crippen molar-refractivity contribution in [2.24, 2.45) is 11.8 Å². The smallest absolute Gasteiger partial charge is 0.322 e. The third-order valence-electron chi connectivity index (χ3n) is 5.46. The molecule has 1 aliphatic heterocycles. The van der Waals surface area contributed by atoms with Crippen LogP contribution in [0, 0.1) is 18.8 Å². The van der Waals surface area contributed by atoms with E-state index in [0.29, 0.717) is 0 Å². The Balaban J connectivity index is 0.000000210. The Kier molecular flexibility index (Phi) is 10.4. The SMILES string of the molecule is CC.CC.CNc1ncnc2[nH]ccc12.Cc1ncc(NC(=O)N2CC3CCCC3C2)s1. The first-order valence-electron chi connectivity index (χ1n) is 11.6. The van der Waals surface area contributed by atoms with Crippen molar-refractivity contribution in [2.45, 2.75) is 53.9 Å². The average molecular weight is 460 g/mol. The number of nitrogens with zero attached hydrogens (tertiary/aromatic N) is 4. The number of carbonyl (C=O) groups excluding carboxylic acids is 1. The summed E-state index contributed by atoms with van der Waals surface area (Å²) in [4.78, 5) is 29.3. The van der Waals surface area contributed by atoms with Gasteiger partial charge < -0.3 is 15.2 Å². The van der Waals surface area contributed by atoms with E-state index in [2.05, 4.69) is 30.6 Å². The molecule has 9 heteroatoms. The van der Waals surface area contributed by atoms with E-state index in [4.69, 9.17) is 0 Å². The first-order valence-corrected chi connectivity index (χ1v) is 12.4. The highest BCUT2D eigenvalue weighted by Gasteiger charge is 2.38. The van der Waals surface area contributed by atoms with Gasteiger partial charge in [-0.2, -0.15) is 0 Å². The number of carbonyl (C=O) groups is 1. The van der Waals surface area contributed by atoms with Gasteiger partial charge in [0.15, 0.2) is 0 Å². The molecule has 2 amide bonds. The molecule has 2 aliphatic rings. The van der Waals surface area contributed by atoms with Gasteiger partial charge in [-0.15, -0.1) is 11.3 Å². The van der Waals surface area contributed by atoms with E-state index in [0.717, 1.165) is 51.8 Å². The Morgan fingerprint density at radius 1 is 1.12 bits per heavy atom. The standard InChI is InChI=1S/C12H17N3OS.C7H8N4.2C2H6/c1-8-13-5-11(17-8)14-12(16)15-6-9-3-2-4-10(9)7-15;1-8-6-5-2-3-9-7(5)11-4-10-6;2*1-2/h5,9-10H,2-4,6-7H2,1H3,(H,14,16);2-4H,1H3,(H2,8,9,10,11);2*1-2H3. The molecular weight excluding hydrogens is 422 g/mol. The Morgan fingerprint density at radius 3 is 2.41 bits per heavy atom. The number of nitrogens with one attached hydrogen (secondary N) is 3. The largest absolute Gasteiger partial charge is 0.372 e. The van der Waals surface area contributed by atoms with E-state index in [1.165, 1.54) is 36.9 Å². The zero-order valence-electron chi connectivity index (χ0n) is 20.1. The second-order valence-electron chi connectivity index (χ2n) is 7.24. The van der Waals surface area contributed by atoms with Crippen molar-refractivity contribution in [2.75, 3.05) is 30.8 Å². The van der Waals surface area contributed by atoms with Crippen molar-refractivity contribution in [3.63, 3.8) is 0 Å². The van der Waals surface area contributed by atoms with Crippen LogP contribution in [0.2, 0.25) is 0 Å². The van der Waals surface area contributed by atoms with Crippen molar-refractivity contribution in [1.29, 1.82) is 0 Å². The molecule has 0 radical (unpaired) electrons. The van der Waals surface area contributed by atoms with Crippen LogP contribution < -0.4 is 10.6 Å². The van der Waals surface area contributed by atoms with E-state index < -0.39 is 0 Å². The number of hydrogen-bond donors (Lipinski definition) is 3. The highest BCUT2D eigenvalue weighted by atomic mass is 32.1. The molecule has 8 nitrogen and oxygen atoms in total. The Bertz CT molecular complexity index is 943. The predicted octanol–water partition coefficient (Wildman–Crippen LogP) is 5.77. The molecule has 2 fully saturated rings. The number of urea groups is 1. The van der Waals surface area contributed by atoms with Crippen LogP contribution >= 0.6 is 11.3 Å². The molecule has 3 aromatic heterocycles. The van der Waals surface area contributed by atoms with Crippen LogP contribution in [0.1, 0.15) is 52.0 Å². The number of aryl methyl sites for hydroxylation is 1. The summed E-state index contributed by atoms with van der Waals surface area (Å²) in [7, 11) is 1.84. The molecule has 32 heavy (non-hydrogen) atoms. The van der Waals surface area contributed by atoms with Crippen LogP contribution in [-0.4, -0.2) is 51.0 Å². The summed E-state index contributed by atoms with van der Waals surface area (Å²) in [6.07, 6.45) is 9.06. The number of aromatic nitrogens is 4. The van der Waals surface area contributed by atoms with E-state index in [9.17, 15) is 4.79 Å². The molecule has 3 N–H and O–H groups in total. The monoisotopic (exact) mass is 459 g/mol. The van der Waals surface area contributed by atoms with E-state index in [-0.39, 0.29) is 6.03 Å². The van der Waals surface area contributed by atoms with Gasteiger partial charge in [-0.05, 0) is 37.7 Å². The summed E-state index contributed by atoms with van der Waals surface area (Å²) in [6.45, 7) is 11.8. The van der Waals surface area contributed by atoms with Crippen molar-refractivity contribution < 1.29 is 4.79 Å². The summed E-state index contributed by atoms with van der Waals surface area (Å²) >= 11 is 1.53. The zero-order valence-corrected chi connectivity index (χ0v) is 20.9. The van der Waals surface area contributed by atoms with Gasteiger partial charge in [0.1, 0.15) is 22.8 Å². The number of anilines is 2. The second kappa shape index (κ2) is 13.0. The van der Waals surface area contributed by atoms with Gasteiger partial charge in [0.05, 0.1) is 16.6 Å². The highest BCUT2D eigenvalue weighted by Crippen LogP contribution is 2.37. The fourth-order valence-corrected chi connectivity index (χ4v) is 4.74. The lowest BCUT2D eigenvalue weighted by Crippen LogP contribution is -2.33. The fraction of sp³-hybridized carbons (Fsp3) is 0.565. The summed E-state index contributed by atoms with van der Waals surface area (Å²) in [5, 5.41) is 8.78. The van der Waals surface area contributed by atoms with Crippen molar-refractivity contribution in [3.05, 3.63) is 29.8 Å². The van der Waals surface area contributed by atoms with Gasteiger partial charge in [-0.3, -0.25) is 5.32 Å². The van der Waals surface area contributed by atoms with Gasteiger partial charge in [0.2, 0.25) is 0 Å². The van der Waals surface area contributed by atoms with Gasteiger partial charge in [0, 0.05) is 26.3 Å². The predicted molar refractivity (Wildman–Crippen MR) is 134 cm³/mol. The molecule has 0 bridgehead atoms. The molecule has 1 saturated heterocycles. The van der Waals surface area contributed by atoms with Crippen LogP contribution in [0.15, 0.2) is 24.8 Å². The Labute approximate surface area is 195 Å². The van der Waals surface area contributed by atoms with Crippen LogP contribution in [0.4, 0.5) is 15.6 Å². The number of fused-ring (bicyclic) bond motifs is 2. The van der Waals surface area contributed by atoms with E-state index in [1.54, 1.807) is 6.20 Å². The van der Waals surface area contributed by atoms with Crippen molar-refractivity contribution >= 4 is 39.2 Å². The summed E-state index contributed by atoms with van der Waals surface area (Å²) < 4.78 is 0. The molecule has 1 saturated carbocycles. The number of H-pyrrole nitrogens is 1. The minimum Gasteiger partial charge on any atom is -0.372 e. The average Bonchev–Trinajstić information content (AvgIpc) is 3.61. The van der Waals surface area contributed by atoms with E-state index in [1.807, 2.05) is 58.8 Å². The number of amides is 2. The number of likely N-dealkylation sites (tertiary alicyclic amines) is 1. The van der Waals surface area contributed by atoms with Crippen molar-refractivity contribution in [1.82, 2.24) is 24.8 Å². The van der Waals surface area contributed by atoms with Crippen LogP contribution in [-0.2, 0) is 0 Å². The van der Waals surface area contributed by atoms with Crippen molar-refractivity contribution in [3.8, 4) is 0 Å². The number of hydrogen-bond acceptors (Lipinski definition) is 6. The summed E-state index contributed by atoms with van der Waals surface area (Å²) in [5.41, 5.74) is 0.865. The highest BCUT2D eigenvalue weighted by molar-refractivity contribution is 7.15. The van der Waals surface area contributed by atoms with Gasteiger partial charge in [-0.1, -0.05) is 34.1 Å². The minimum atomic E-state index is 0.0445. The van der Waals surface area contributed by atoms with Crippen LogP contribution in [0.25, 0.3) is 11.0 Å². The van der Waals surface area contributed by atoms with E-state index >= 15 is 0 Å². The maximum Gasteiger partial charge on any atom is 0.322 e. The molecule has 3 aromatic rings. The first-order chi connectivity index (χ1) is 15.6. The molecule has 1 aliphatic carbocycles. The second-order valence-corrected chi connectivity index (χ2v) is 8.48. The molecule has 0 spiro atoms. The number of rotatable bonds is 2. The molecule has 4 heterocycles. The number of thiazole rings is 1. The molecule has 176 valence electrons. The quantitative estimate of drug-likeness (QED) is 0.452.